The van der Waals surface area contributed by atoms with E-state index in [0.717, 1.165) is 0 Å². The van der Waals surface area contributed by atoms with Gasteiger partial charge in [-0.3, -0.25) is 4.79 Å². The van der Waals surface area contributed by atoms with Crippen LogP contribution in [0.5, 0.6) is 0 Å². The molecule has 0 aliphatic rings. The van der Waals surface area contributed by atoms with Crippen molar-refractivity contribution in [3.63, 3.8) is 0 Å². The first-order chi connectivity index (χ1) is 6.30. The van der Waals surface area contributed by atoms with Crippen molar-refractivity contribution in [1.29, 1.82) is 0 Å². The summed E-state index contributed by atoms with van der Waals surface area (Å²) in [7, 11) is 0. The number of carbonyl (C=O) groups is 1. The van der Waals surface area contributed by atoms with Crippen LogP contribution >= 0.6 is 35.8 Å². The highest BCUT2D eigenvalue weighted by molar-refractivity contribution is 14.1. The van der Waals surface area contributed by atoms with Crippen LogP contribution in [0.1, 0.15) is 27.2 Å². The molecule has 2 N–H and O–H groups in total. The lowest BCUT2D eigenvalue weighted by Crippen LogP contribution is -2.48. The first-order valence-electron chi connectivity index (χ1n) is 4.31. The van der Waals surface area contributed by atoms with Crippen LogP contribution in [0.15, 0.2) is 0 Å². The summed E-state index contributed by atoms with van der Waals surface area (Å²) >= 11 is 6.09. The molecular formula is C8H17IN2O2S. The Bertz CT molecular complexity index is 196. The lowest BCUT2D eigenvalue weighted by atomic mass is 10.1. The molecule has 1 unspecified atom stereocenters. The molecule has 0 saturated heterocycles. The monoisotopic (exact) mass is 332 g/mol. The maximum atomic E-state index is 11.2. The van der Waals surface area contributed by atoms with Crippen molar-refractivity contribution in [2.45, 2.75) is 38.8 Å². The van der Waals surface area contributed by atoms with Crippen molar-refractivity contribution < 1.29 is 7.86 Å². The normalized spacial score (nSPS) is 14.4. The second kappa shape index (κ2) is 6.14. The van der Waals surface area contributed by atoms with E-state index in [1.165, 1.54) is 0 Å². The smallest absolute Gasteiger partial charge is 0.235 e. The lowest BCUT2D eigenvalue weighted by Gasteiger charge is -2.35. The van der Waals surface area contributed by atoms with Crippen LogP contribution in [-0.4, -0.2) is 28.4 Å². The van der Waals surface area contributed by atoms with Gasteiger partial charge in [0.25, 0.3) is 0 Å². The van der Waals surface area contributed by atoms with Gasteiger partial charge in [0.15, 0.2) is 0 Å². The van der Waals surface area contributed by atoms with Crippen molar-refractivity contribution in [2.75, 3.05) is 6.61 Å². The van der Waals surface area contributed by atoms with E-state index in [1.54, 1.807) is 27.3 Å². The van der Waals surface area contributed by atoms with Gasteiger partial charge in [0, 0.05) is 5.54 Å². The van der Waals surface area contributed by atoms with Crippen LogP contribution in [0.3, 0.4) is 0 Å². The first-order valence-corrected chi connectivity index (χ1v) is 5.60. The first kappa shape index (κ1) is 14.5. The zero-order valence-electron chi connectivity index (χ0n) is 8.66. The standard InChI is InChI=1S/C8H17IN2O2S/c1-8(2,3)11(14)6(7(10)12)4-5-13-9/h6,14H,4-5H2,1-3H3,(H2,10,12). The Morgan fingerprint density at radius 3 is 2.43 bits per heavy atom. The van der Waals surface area contributed by atoms with Crippen molar-refractivity contribution >= 4 is 41.7 Å². The highest BCUT2D eigenvalue weighted by atomic mass is 127. The number of nitrogens with zero attached hydrogens (tertiary/aromatic N) is 1. The van der Waals surface area contributed by atoms with E-state index in [9.17, 15) is 4.79 Å². The maximum Gasteiger partial charge on any atom is 0.235 e. The third-order valence-corrected chi connectivity index (χ3v) is 3.10. The highest BCUT2D eigenvalue weighted by Gasteiger charge is 2.29. The number of hydrogen-bond acceptors (Lipinski definition) is 4. The van der Waals surface area contributed by atoms with Gasteiger partial charge in [-0.15, -0.1) is 0 Å². The molecule has 0 aliphatic carbocycles. The highest BCUT2D eigenvalue weighted by Crippen LogP contribution is 2.21. The van der Waals surface area contributed by atoms with Gasteiger partial charge in [0.1, 0.15) is 29.0 Å². The zero-order valence-corrected chi connectivity index (χ0v) is 11.7. The Labute approximate surface area is 105 Å². The van der Waals surface area contributed by atoms with Crippen LogP contribution in [0.4, 0.5) is 0 Å². The summed E-state index contributed by atoms with van der Waals surface area (Å²) in [6, 6.07) is -0.395. The third-order valence-electron chi connectivity index (χ3n) is 1.78. The molecule has 0 aromatic heterocycles. The molecule has 4 nitrogen and oxygen atoms in total. The van der Waals surface area contributed by atoms with E-state index in [2.05, 4.69) is 12.8 Å². The molecule has 0 aromatic carbocycles. The van der Waals surface area contributed by atoms with E-state index < -0.39 is 6.04 Å². The minimum absolute atomic E-state index is 0.200. The Hall–Kier alpha value is 0.470. The van der Waals surface area contributed by atoms with Gasteiger partial charge in [-0.1, -0.05) is 12.8 Å². The van der Waals surface area contributed by atoms with Crippen molar-refractivity contribution in [3.05, 3.63) is 0 Å². The van der Waals surface area contributed by atoms with Crippen LogP contribution < -0.4 is 5.73 Å². The largest absolute Gasteiger partial charge is 0.368 e. The number of hydrogen-bond donors (Lipinski definition) is 2. The second-order valence-electron chi connectivity index (χ2n) is 4.04. The number of thiol groups is 1. The fourth-order valence-electron chi connectivity index (χ4n) is 1.01. The molecule has 0 radical (unpaired) electrons. The Kier molecular flexibility index (Phi) is 6.35. The molecule has 0 rings (SSSR count). The molecular weight excluding hydrogens is 315 g/mol. The van der Waals surface area contributed by atoms with Crippen LogP contribution in [0, 0.1) is 0 Å². The molecule has 0 spiro atoms. The van der Waals surface area contributed by atoms with Crippen LogP contribution in [0.25, 0.3) is 0 Å². The molecule has 0 bridgehead atoms. The van der Waals surface area contributed by atoms with Gasteiger partial charge in [-0.25, -0.2) is 4.31 Å². The van der Waals surface area contributed by atoms with E-state index in [1.807, 2.05) is 20.8 Å². The van der Waals surface area contributed by atoms with E-state index in [0.29, 0.717) is 13.0 Å². The lowest BCUT2D eigenvalue weighted by molar-refractivity contribution is -0.122. The Morgan fingerprint density at radius 1 is 1.64 bits per heavy atom. The van der Waals surface area contributed by atoms with Gasteiger partial charge in [0.05, 0.1) is 6.61 Å². The Morgan fingerprint density at radius 2 is 2.14 bits per heavy atom. The summed E-state index contributed by atoms with van der Waals surface area (Å²) in [6.07, 6.45) is 0.555. The van der Waals surface area contributed by atoms with Gasteiger partial charge in [-0.05, 0) is 27.2 Å². The molecule has 0 fully saturated rings. The van der Waals surface area contributed by atoms with Crippen LogP contribution in [0.2, 0.25) is 0 Å². The van der Waals surface area contributed by atoms with Gasteiger partial charge >= 0.3 is 0 Å². The van der Waals surface area contributed by atoms with Gasteiger partial charge in [0.2, 0.25) is 5.91 Å². The molecule has 0 aromatic rings. The summed E-state index contributed by atoms with van der Waals surface area (Å²) in [4.78, 5) is 11.2. The average Bonchev–Trinajstić information content (AvgIpc) is 2.02. The summed E-state index contributed by atoms with van der Waals surface area (Å²) in [6.45, 7) is 6.41. The molecule has 1 atom stereocenters. The molecule has 1 amide bonds. The molecule has 6 heteroatoms. The van der Waals surface area contributed by atoms with Crippen molar-refractivity contribution in [1.82, 2.24) is 4.31 Å². The van der Waals surface area contributed by atoms with Gasteiger partial charge < -0.3 is 8.80 Å². The fraction of sp³-hybridized carbons (Fsp3) is 0.875. The third kappa shape index (κ3) is 4.81. The summed E-state index contributed by atoms with van der Waals surface area (Å²) in [5.41, 5.74) is 5.09. The minimum Gasteiger partial charge on any atom is -0.368 e. The molecule has 0 saturated carbocycles. The summed E-state index contributed by atoms with van der Waals surface area (Å²) < 4.78 is 6.56. The predicted molar refractivity (Wildman–Crippen MR) is 68.1 cm³/mol. The summed E-state index contributed by atoms with van der Waals surface area (Å²) in [5.74, 6) is -0.372. The zero-order chi connectivity index (χ0) is 11.4. The minimum atomic E-state index is -0.395. The molecule has 84 valence electrons. The molecule has 0 heterocycles. The number of nitrogens with two attached hydrogens (primary N) is 1. The molecule has 0 aliphatic heterocycles. The number of amides is 1. The predicted octanol–water partition coefficient (Wildman–Crippen LogP) is 1.54. The quantitative estimate of drug-likeness (QED) is 0.593. The van der Waals surface area contributed by atoms with Crippen molar-refractivity contribution in [2.24, 2.45) is 5.73 Å². The number of primary amides is 1. The van der Waals surface area contributed by atoms with Crippen molar-refractivity contribution in [3.8, 4) is 0 Å². The van der Waals surface area contributed by atoms with Gasteiger partial charge in [-0.2, -0.15) is 0 Å². The fourth-order valence-corrected chi connectivity index (χ4v) is 1.49. The second-order valence-corrected chi connectivity index (χ2v) is 5.09. The number of rotatable bonds is 5. The SMILES string of the molecule is CC(C)(C)N(S)C(CCOI)C(N)=O. The maximum absolute atomic E-state index is 11.2. The average molecular weight is 332 g/mol. The van der Waals surface area contributed by atoms with Crippen LogP contribution in [-0.2, 0) is 7.86 Å². The summed E-state index contributed by atoms with van der Waals surface area (Å²) in [5, 5.41) is 0. The topological polar surface area (TPSA) is 55.6 Å². The number of halogens is 1. The van der Waals surface area contributed by atoms with E-state index in [4.69, 9.17) is 8.80 Å². The molecule has 14 heavy (non-hydrogen) atoms. The Balaban J connectivity index is 4.41. The van der Waals surface area contributed by atoms with E-state index >= 15 is 0 Å². The van der Waals surface area contributed by atoms with E-state index in [-0.39, 0.29) is 11.4 Å². The number of carbonyl (C=O) groups excluding carboxylic acids is 1.